The van der Waals surface area contributed by atoms with Gasteiger partial charge < -0.3 is 14.4 Å². The molecular weight excluding hydrogens is 414 g/mol. The molecule has 0 unspecified atom stereocenters. The van der Waals surface area contributed by atoms with Gasteiger partial charge in [0.1, 0.15) is 17.1 Å². The predicted molar refractivity (Wildman–Crippen MR) is 130 cm³/mol. The molecule has 0 aliphatic carbocycles. The van der Waals surface area contributed by atoms with Gasteiger partial charge in [0.05, 0.1) is 23.9 Å². The summed E-state index contributed by atoms with van der Waals surface area (Å²) in [5, 5.41) is 19.9. The second kappa shape index (κ2) is 7.55. The smallest absolute Gasteiger partial charge is 0.222 e. The summed E-state index contributed by atoms with van der Waals surface area (Å²) >= 11 is 0. The van der Waals surface area contributed by atoms with E-state index in [0.29, 0.717) is 5.52 Å². The number of H-pyrrole nitrogens is 1. The van der Waals surface area contributed by atoms with E-state index in [4.69, 9.17) is 4.74 Å². The average Bonchev–Trinajstić information content (AvgIpc) is 3.49. The van der Waals surface area contributed by atoms with E-state index in [1.807, 2.05) is 70.9 Å². The Morgan fingerprint density at radius 2 is 1.76 bits per heavy atom. The van der Waals surface area contributed by atoms with Crippen LogP contribution >= 0.6 is 0 Å². The summed E-state index contributed by atoms with van der Waals surface area (Å²) < 4.78 is 9.53. The molecule has 0 fully saturated rings. The molecule has 2 N–H and O–H groups in total. The lowest BCUT2D eigenvalue weighted by Gasteiger charge is -2.18. The molecule has 0 aliphatic rings. The second-order valence-corrected chi connectivity index (χ2v) is 9.19. The van der Waals surface area contributed by atoms with Gasteiger partial charge in [-0.15, -0.1) is 0 Å². The van der Waals surface area contributed by atoms with E-state index in [-0.39, 0.29) is 11.3 Å². The van der Waals surface area contributed by atoms with E-state index in [1.165, 1.54) is 0 Å². The summed E-state index contributed by atoms with van der Waals surface area (Å²) in [7, 11) is 3.63. The van der Waals surface area contributed by atoms with Gasteiger partial charge in [-0.2, -0.15) is 5.10 Å². The molecule has 33 heavy (non-hydrogen) atoms. The number of hydrogen-bond donors (Lipinski definition) is 2. The Bertz CT molecular complexity index is 1450. The molecule has 7 nitrogen and oxygen atoms in total. The van der Waals surface area contributed by atoms with Gasteiger partial charge in [0.15, 0.2) is 0 Å². The molecule has 3 aromatic heterocycles. The van der Waals surface area contributed by atoms with Crippen LogP contribution in [0.2, 0.25) is 0 Å². The van der Waals surface area contributed by atoms with E-state index in [9.17, 15) is 5.11 Å². The van der Waals surface area contributed by atoms with Crippen LogP contribution in [-0.2, 0) is 12.5 Å². The molecule has 3 heterocycles. The van der Waals surface area contributed by atoms with Crippen LogP contribution in [0, 0.1) is 0 Å². The number of ether oxygens (including phenoxy) is 1. The molecule has 0 bridgehead atoms. The third-order valence-electron chi connectivity index (χ3n) is 5.94. The van der Waals surface area contributed by atoms with Gasteiger partial charge in [0.2, 0.25) is 5.88 Å². The largest absolute Gasteiger partial charge is 0.496 e. The third kappa shape index (κ3) is 3.28. The molecule has 2 aromatic carbocycles. The number of nitrogens with zero attached hydrogens (tertiary/aromatic N) is 4. The number of rotatable bonds is 4. The van der Waals surface area contributed by atoms with E-state index in [2.05, 4.69) is 36.0 Å². The summed E-state index contributed by atoms with van der Waals surface area (Å²) in [4.78, 5) is 4.44. The highest BCUT2D eigenvalue weighted by Gasteiger charge is 2.30. The first-order valence-corrected chi connectivity index (χ1v) is 10.8. The fraction of sp³-hybridized carbons (Fsp3) is 0.231. The number of imidazole rings is 1. The van der Waals surface area contributed by atoms with Gasteiger partial charge in [-0.3, -0.25) is 9.67 Å². The molecule has 0 spiro atoms. The number of para-hydroxylation sites is 1. The lowest BCUT2D eigenvalue weighted by Crippen LogP contribution is -2.12. The number of aryl methyl sites for hydroxylation is 1. The standard InChI is InChI=1S/C26H27N5O2/c1-26(2,3)23-20-21(28-29-23)25(32)31(22(20)18-8-6-7-9-19(18)33-5)17-12-10-16(11-13-17)24-27-14-15-30(24)4/h6-15,28,32H,1-5H3. The Labute approximate surface area is 192 Å². The number of hydrogen-bond acceptors (Lipinski definition) is 4. The number of benzene rings is 2. The van der Waals surface area contributed by atoms with Crippen LogP contribution in [0.5, 0.6) is 11.6 Å². The van der Waals surface area contributed by atoms with Crippen molar-refractivity contribution in [2.24, 2.45) is 7.05 Å². The maximum Gasteiger partial charge on any atom is 0.222 e. The minimum absolute atomic E-state index is 0.110. The number of aromatic amines is 1. The van der Waals surface area contributed by atoms with Crippen LogP contribution in [0.25, 0.3) is 39.2 Å². The molecule has 5 rings (SSSR count). The number of aromatic hydroxyl groups is 1. The zero-order valence-electron chi connectivity index (χ0n) is 19.4. The van der Waals surface area contributed by atoms with Gasteiger partial charge in [0, 0.05) is 41.7 Å². The van der Waals surface area contributed by atoms with Crippen molar-refractivity contribution in [3.63, 3.8) is 0 Å². The summed E-state index contributed by atoms with van der Waals surface area (Å²) in [6, 6.07) is 15.9. The van der Waals surface area contributed by atoms with Crippen molar-refractivity contribution in [3.8, 4) is 40.0 Å². The van der Waals surface area contributed by atoms with Gasteiger partial charge >= 0.3 is 0 Å². The lowest BCUT2D eigenvalue weighted by molar-refractivity contribution is 0.416. The van der Waals surface area contributed by atoms with E-state index in [0.717, 1.165) is 45.2 Å². The third-order valence-corrected chi connectivity index (χ3v) is 5.94. The van der Waals surface area contributed by atoms with Crippen molar-refractivity contribution in [1.29, 1.82) is 0 Å². The fourth-order valence-corrected chi connectivity index (χ4v) is 4.36. The summed E-state index contributed by atoms with van der Waals surface area (Å²) in [6.07, 6.45) is 3.70. The van der Waals surface area contributed by atoms with E-state index < -0.39 is 0 Å². The van der Waals surface area contributed by atoms with Crippen molar-refractivity contribution in [2.45, 2.75) is 26.2 Å². The molecule has 7 heteroatoms. The zero-order chi connectivity index (χ0) is 23.3. The quantitative estimate of drug-likeness (QED) is 0.390. The molecule has 0 aliphatic heterocycles. The van der Waals surface area contributed by atoms with Crippen LogP contribution in [0.4, 0.5) is 0 Å². The second-order valence-electron chi connectivity index (χ2n) is 9.19. The number of aromatic nitrogens is 5. The number of nitrogens with one attached hydrogen (secondary N) is 1. The zero-order valence-corrected chi connectivity index (χ0v) is 19.4. The van der Waals surface area contributed by atoms with Crippen LogP contribution in [-0.4, -0.2) is 36.5 Å². The summed E-state index contributed by atoms with van der Waals surface area (Å²) in [5.74, 6) is 1.72. The molecule has 0 saturated carbocycles. The summed E-state index contributed by atoms with van der Waals surface area (Å²) in [5.41, 5.74) is 4.81. The molecule has 0 radical (unpaired) electrons. The van der Waals surface area contributed by atoms with Crippen LogP contribution in [0.15, 0.2) is 60.9 Å². The first-order chi connectivity index (χ1) is 15.8. The van der Waals surface area contributed by atoms with Gasteiger partial charge in [-0.05, 0) is 36.4 Å². The Morgan fingerprint density at radius 3 is 2.39 bits per heavy atom. The predicted octanol–water partition coefficient (Wildman–Crippen LogP) is 5.43. The average molecular weight is 442 g/mol. The Balaban J connectivity index is 1.80. The Kier molecular flexibility index (Phi) is 4.78. The van der Waals surface area contributed by atoms with E-state index in [1.54, 1.807) is 13.3 Å². The fourth-order valence-electron chi connectivity index (χ4n) is 4.36. The SMILES string of the molecule is COc1ccccc1-c1c2c(C(C)(C)C)n[nH]c2c(O)n1-c1ccc(-c2nccn2C)cc1. The van der Waals surface area contributed by atoms with Crippen LogP contribution in [0.3, 0.4) is 0 Å². The molecule has 0 atom stereocenters. The van der Waals surface area contributed by atoms with Gasteiger partial charge in [-0.1, -0.05) is 32.9 Å². The topological polar surface area (TPSA) is 80.9 Å². The van der Waals surface area contributed by atoms with Crippen molar-refractivity contribution in [3.05, 3.63) is 66.6 Å². The normalized spacial score (nSPS) is 11.9. The highest BCUT2D eigenvalue weighted by molar-refractivity contribution is 6.02. The maximum absolute atomic E-state index is 11.4. The minimum Gasteiger partial charge on any atom is -0.496 e. The molecule has 168 valence electrons. The minimum atomic E-state index is -0.226. The highest BCUT2D eigenvalue weighted by Crippen LogP contribution is 2.46. The van der Waals surface area contributed by atoms with Gasteiger partial charge in [0.25, 0.3) is 0 Å². The monoisotopic (exact) mass is 441 g/mol. The van der Waals surface area contributed by atoms with Crippen molar-refractivity contribution in [2.75, 3.05) is 7.11 Å². The van der Waals surface area contributed by atoms with Crippen molar-refractivity contribution < 1.29 is 9.84 Å². The number of methoxy groups -OCH3 is 1. The highest BCUT2D eigenvalue weighted by atomic mass is 16.5. The number of fused-ring (bicyclic) bond motifs is 1. The molecule has 0 saturated heterocycles. The Morgan fingerprint density at radius 1 is 1.03 bits per heavy atom. The van der Waals surface area contributed by atoms with E-state index >= 15 is 0 Å². The Hall–Kier alpha value is -4.00. The van der Waals surface area contributed by atoms with Crippen LogP contribution < -0.4 is 4.74 Å². The van der Waals surface area contributed by atoms with Crippen molar-refractivity contribution in [1.82, 2.24) is 24.3 Å². The lowest BCUT2D eigenvalue weighted by atomic mass is 9.89. The molecular formula is C26H27N5O2. The molecule has 5 aromatic rings. The van der Waals surface area contributed by atoms with Crippen LogP contribution in [0.1, 0.15) is 26.5 Å². The first kappa shape index (κ1) is 20.9. The maximum atomic E-state index is 11.4. The molecule has 0 amide bonds. The van der Waals surface area contributed by atoms with Gasteiger partial charge in [-0.25, -0.2) is 4.98 Å². The van der Waals surface area contributed by atoms with Crippen molar-refractivity contribution >= 4 is 10.9 Å². The first-order valence-electron chi connectivity index (χ1n) is 10.8. The summed E-state index contributed by atoms with van der Waals surface area (Å²) in [6.45, 7) is 6.35.